The van der Waals surface area contributed by atoms with Crippen LogP contribution in [0.5, 0.6) is 0 Å². The first-order chi connectivity index (χ1) is 9.45. The van der Waals surface area contributed by atoms with Crippen LogP contribution >= 0.6 is 0 Å². The predicted octanol–water partition coefficient (Wildman–Crippen LogP) is 1.68. The third-order valence-corrected chi connectivity index (χ3v) is 4.89. The molecule has 0 unspecified atom stereocenters. The quantitative estimate of drug-likeness (QED) is 0.868. The highest BCUT2D eigenvalue weighted by Crippen LogP contribution is 2.22. The number of aryl methyl sites for hydroxylation is 1. The number of nitrogens with one attached hydrogen (secondary N) is 1. The third-order valence-electron chi connectivity index (χ3n) is 3.41. The van der Waals surface area contributed by atoms with Crippen LogP contribution in [0.15, 0.2) is 29.2 Å². The smallest absolute Gasteiger partial charge is 0.240 e. The lowest BCUT2D eigenvalue weighted by atomic mass is 10.2. The molecule has 0 aromatic heterocycles. The first-order valence-corrected chi connectivity index (χ1v) is 8.30. The summed E-state index contributed by atoms with van der Waals surface area (Å²) in [5.41, 5.74) is 1.12. The maximum absolute atomic E-state index is 12.1. The monoisotopic (exact) mass is 299 g/mol. The number of sulfonamides is 1. The SMILES string of the molecule is CCc1ccc(S(=O)(=O)NCCC2(C)OCCO2)cc1. The van der Waals surface area contributed by atoms with Crippen LogP contribution in [-0.4, -0.2) is 34.0 Å². The van der Waals surface area contributed by atoms with E-state index in [0.717, 1.165) is 12.0 Å². The molecule has 1 aromatic rings. The zero-order valence-corrected chi connectivity index (χ0v) is 12.7. The van der Waals surface area contributed by atoms with E-state index >= 15 is 0 Å². The van der Waals surface area contributed by atoms with Gasteiger partial charge < -0.3 is 9.47 Å². The van der Waals surface area contributed by atoms with Gasteiger partial charge in [0.1, 0.15) is 0 Å². The van der Waals surface area contributed by atoms with Gasteiger partial charge in [-0.3, -0.25) is 0 Å². The summed E-state index contributed by atoms with van der Waals surface area (Å²) in [4.78, 5) is 0.285. The lowest BCUT2D eigenvalue weighted by Crippen LogP contribution is -2.33. The van der Waals surface area contributed by atoms with Crippen molar-refractivity contribution in [3.63, 3.8) is 0 Å². The Morgan fingerprint density at radius 1 is 1.20 bits per heavy atom. The van der Waals surface area contributed by atoms with E-state index in [-0.39, 0.29) is 11.4 Å². The molecule has 112 valence electrons. The van der Waals surface area contributed by atoms with E-state index in [9.17, 15) is 8.42 Å². The Bertz CT molecular complexity index is 533. The molecule has 1 saturated heterocycles. The maximum atomic E-state index is 12.1. The Balaban J connectivity index is 1.93. The standard InChI is InChI=1S/C14H21NO4S/c1-3-12-4-6-13(7-5-12)20(16,17)15-9-8-14(2)18-10-11-19-14/h4-7,15H,3,8-11H2,1-2H3. The second-order valence-corrected chi connectivity index (χ2v) is 6.74. The summed E-state index contributed by atoms with van der Waals surface area (Å²) in [6.07, 6.45) is 1.38. The first-order valence-electron chi connectivity index (χ1n) is 6.82. The van der Waals surface area contributed by atoms with E-state index in [4.69, 9.17) is 9.47 Å². The fourth-order valence-electron chi connectivity index (χ4n) is 2.10. The topological polar surface area (TPSA) is 64.6 Å². The Morgan fingerprint density at radius 2 is 1.80 bits per heavy atom. The molecule has 1 heterocycles. The lowest BCUT2D eigenvalue weighted by Gasteiger charge is -2.22. The number of rotatable bonds is 6. The van der Waals surface area contributed by atoms with E-state index in [1.807, 2.05) is 26.0 Å². The van der Waals surface area contributed by atoms with E-state index in [2.05, 4.69) is 4.72 Å². The normalized spacial score (nSPS) is 18.3. The molecule has 6 heteroatoms. The highest BCUT2D eigenvalue weighted by molar-refractivity contribution is 7.89. The van der Waals surface area contributed by atoms with Crippen molar-refractivity contribution in [2.24, 2.45) is 0 Å². The fraction of sp³-hybridized carbons (Fsp3) is 0.571. The molecular formula is C14H21NO4S. The average molecular weight is 299 g/mol. The number of ether oxygens (including phenoxy) is 2. The number of hydrogen-bond donors (Lipinski definition) is 1. The van der Waals surface area contributed by atoms with Gasteiger partial charge in [-0.25, -0.2) is 13.1 Å². The zero-order valence-electron chi connectivity index (χ0n) is 11.9. The molecule has 0 aliphatic carbocycles. The molecule has 1 aliphatic rings. The molecule has 0 bridgehead atoms. The van der Waals surface area contributed by atoms with Gasteiger partial charge in [0.25, 0.3) is 0 Å². The predicted molar refractivity (Wildman–Crippen MR) is 75.9 cm³/mol. The van der Waals surface area contributed by atoms with Gasteiger partial charge in [0, 0.05) is 13.0 Å². The molecule has 0 atom stereocenters. The van der Waals surface area contributed by atoms with Gasteiger partial charge in [0.2, 0.25) is 10.0 Å². The molecule has 0 saturated carbocycles. The summed E-state index contributed by atoms with van der Waals surface area (Å²) in [6.45, 7) is 5.26. The van der Waals surface area contributed by atoms with Crippen LogP contribution in [0.25, 0.3) is 0 Å². The second kappa shape index (κ2) is 6.22. The van der Waals surface area contributed by atoms with Crippen molar-refractivity contribution in [1.29, 1.82) is 0 Å². The average Bonchev–Trinajstić information content (AvgIpc) is 2.85. The number of hydrogen-bond acceptors (Lipinski definition) is 4. The third kappa shape index (κ3) is 3.79. The number of benzene rings is 1. The van der Waals surface area contributed by atoms with Gasteiger partial charge in [-0.1, -0.05) is 19.1 Å². The van der Waals surface area contributed by atoms with Crippen LogP contribution in [-0.2, 0) is 25.9 Å². The van der Waals surface area contributed by atoms with Crippen molar-refractivity contribution < 1.29 is 17.9 Å². The van der Waals surface area contributed by atoms with Crippen LogP contribution in [0, 0.1) is 0 Å². The van der Waals surface area contributed by atoms with Crippen LogP contribution in [0.2, 0.25) is 0 Å². The van der Waals surface area contributed by atoms with Crippen molar-refractivity contribution in [2.75, 3.05) is 19.8 Å². The van der Waals surface area contributed by atoms with Crippen LogP contribution in [0.4, 0.5) is 0 Å². The van der Waals surface area contributed by atoms with Gasteiger partial charge in [-0.2, -0.15) is 0 Å². The van der Waals surface area contributed by atoms with E-state index in [1.54, 1.807) is 12.1 Å². The Labute approximate surface area is 120 Å². The van der Waals surface area contributed by atoms with Crippen LogP contribution in [0.3, 0.4) is 0 Å². The first kappa shape index (κ1) is 15.4. The second-order valence-electron chi connectivity index (χ2n) is 4.98. The summed E-state index contributed by atoms with van der Waals surface area (Å²) in [7, 11) is -3.46. The Kier molecular flexibility index (Phi) is 4.80. The van der Waals surface area contributed by atoms with Crippen molar-refractivity contribution in [3.05, 3.63) is 29.8 Å². The summed E-state index contributed by atoms with van der Waals surface area (Å²) in [5.74, 6) is -0.672. The van der Waals surface area contributed by atoms with E-state index in [0.29, 0.717) is 19.6 Å². The Hall–Kier alpha value is -0.950. The zero-order chi connectivity index (χ0) is 14.6. The molecule has 0 spiro atoms. The molecular weight excluding hydrogens is 278 g/mol. The lowest BCUT2D eigenvalue weighted by molar-refractivity contribution is -0.145. The van der Waals surface area contributed by atoms with Crippen molar-refractivity contribution in [3.8, 4) is 0 Å². The van der Waals surface area contributed by atoms with Crippen LogP contribution < -0.4 is 4.72 Å². The van der Waals surface area contributed by atoms with Gasteiger partial charge in [-0.05, 0) is 31.0 Å². The molecule has 1 aromatic carbocycles. The minimum atomic E-state index is -3.46. The molecule has 0 amide bonds. The van der Waals surface area contributed by atoms with Crippen molar-refractivity contribution in [1.82, 2.24) is 4.72 Å². The maximum Gasteiger partial charge on any atom is 0.240 e. The van der Waals surface area contributed by atoms with Crippen molar-refractivity contribution >= 4 is 10.0 Å². The minimum Gasteiger partial charge on any atom is -0.348 e. The molecule has 1 aliphatic heterocycles. The van der Waals surface area contributed by atoms with Crippen LogP contribution in [0.1, 0.15) is 25.8 Å². The highest BCUT2D eigenvalue weighted by Gasteiger charge is 2.30. The molecule has 5 nitrogen and oxygen atoms in total. The summed E-state index contributed by atoms with van der Waals surface area (Å²) >= 11 is 0. The van der Waals surface area contributed by atoms with Gasteiger partial charge >= 0.3 is 0 Å². The highest BCUT2D eigenvalue weighted by atomic mass is 32.2. The van der Waals surface area contributed by atoms with Gasteiger partial charge in [0.05, 0.1) is 18.1 Å². The molecule has 0 radical (unpaired) electrons. The van der Waals surface area contributed by atoms with Crippen molar-refractivity contribution in [2.45, 2.75) is 37.4 Å². The largest absolute Gasteiger partial charge is 0.348 e. The molecule has 1 N–H and O–H groups in total. The summed E-state index contributed by atoms with van der Waals surface area (Å²) in [6, 6.07) is 6.93. The van der Waals surface area contributed by atoms with E-state index in [1.165, 1.54) is 0 Å². The molecule has 1 fully saturated rings. The van der Waals surface area contributed by atoms with E-state index < -0.39 is 15.8 Å². The minimum absolute atomic E-state index is 0.285. The summed E-state index contributed by atoms with van der Waals surface area (Å²) < 4.78 is 37.7. The fourth-order valence-corrected chi connectivity index (χ4v) is 3.13. The molecule has 2 rings (SSSR count). The molecule has 20 heavy (non-hydrogen) atoms. The summed E-state index contributed by atoms with van der Waals surface area (Å²) in [5, 5.41) is 0. The van der Waals surface area contributed by atoms with Gasteiger partial charge in [0.15, 0.2) is 5.79 Å². The van der Waals surface area contributed by atoms with Gasteiger partial charge in [-0.15, -0.1) is 0 Å². The Morgan fingerprint density at radius 3 is 2.35 bits per heavy atom.